The molecule has 8 heteroatoms. The lowest BCUT2D eigenvalue weighted by Crippen LogP contribution is -2.21. The molecule has 4 rings (SSSR count). The zero-order valence-electron chi connectivity index (χ0n) is 15.6. The highest BCUT2D eigenvalue weighted by atomic mass is 32.1. The van der Waals surface area contributed by atoms with Crippen LogP contribution in [0.5, 0.6) is 0 Å². The molecule has 30 heavy (non-hydrogen) atoms. The van der Waals surface area contributed by atoms with E-state index in [1.54, 1.807) is 12.4 Å². The van der Waals surface area contributed by atoms with E-state index in [0.717, 1.165) is 33.7 Å². The summed E-state index contributed by atoms with van der Waals surface area (Å²) in [6.45, 7) is 0. The summed E-state index contributed by atoms with van der Waals surface area (Å²) in [7, 11) is 0. The number of thiazole rings is 1. The average Bonchev–Trinajstić information content (AvgIpc) is 3.38. The number of anilines is 1. The van der Waals surface area contributed by atoms with E-state index in [4.69, 9.17) is 0 Å². The molecule has 0 unspecified atom stereocenters. The lowest BCUT2D eigenvalue weighted by Gasteiger charge is -2.06. The minimum Gasteiger partial charge on any atom is -0.297 e. The van der Waals surface area contributed by atoms with Crippen LogP contribution < -0.4 is 5.32 Å². The third-order valence-corrected chi connectivity index (χ3v) is 5.49. The molecule has 1 N–H and O–H groups in total. The fourth-order valence-electron chi connectivity index (χ4n) is 3.02. The minimum absolute atomic E-state index is 0.312. The summed E-state index contributed by atoms with van der Waals surface area (Å²) < 4.78 is 38.0. The average molecular weight is 427 g/mol. The number of carbonyl (C=O) groups excluding carboxylic acids is 1. The van der Waals surface area contributed by atoms with Crippen LogP contribution in [0.2, 0.25) is 0 Å². The molecule has 152 valence electrons. The molecule has 1 aliphatic heterocycles. The summed E-state index contributed by atoms with van der Waals surface area (Å²) in [6.07, 6.45) is -0.158. The molecule has 1 aromatic heterocycles. The second-order valence-corrected chi connectivity index (χ2v) is 7.85. The van der Waals surface area contributed by atoms with Crippen molar-refractivity contribution in [3.8, 4) is 0 Å². The first-order chi connectivity index (χ1) is 14.4. The summed E-state index contributed by atoms with van der Waals surface area (Å²) >= 11 is 1.28. The molecule has 1 amide bonds. The summed E-state index contributed by atoms with van der Waals surface area (Å²) in [5.41, 5.74) is 2.47. The highest BCUT2D eigenvalue weighted by Crippen LogP contribution is 2.30. The van der Waals surface area contributed by atoms with Gasteiger partial charge in [0, 0.05) is 30.1 Å². The van der Waals surface area contributed by atoms with Crippen LogP contribution in [-0.2, 0) is 17.4 Å². The van der Waals surface area contributed by atoms with Crippen molar-refractivity contribution in [2.75, 3.05) is 5.32 Å². The Morgan fingerprint density at radius 1 is 1.07 bits per heavy atom. The Hall–Kier alpha value is -3.26. The molecule has 3 aromatic rings. The van der Waals surface area contributed by atoms with Gasteiger partial charge in [-0.1, -0.05) is 42.5 Å². The minimum atomic E-state index is -4.35. The number of nitrogens with one attached hydrogen (secondary N) is 1. The van der Waals surface area contributed by atoms with E-state index in [2.05, 4.69) is 15.3 Å². The summed E-state index contributed by atoms with van der Waals surface area (Å²) in [4.78, 5) is 21.7. The number of hydrogen-bond donors (Lipinski definition) is 1. The molecule has 2 aromatic carbocycles. The topological polar surface area (TPSA) is 54.4 Å². The maximum absolute atomic E-state index is 12.7. The van der Waals surface area contributed by atoms with Crippen LogP contribution in [0.3, 0.4) is 0 Å². The van der Waals surface area contributed by atoms with Gasteiger partial charge in [-0.3, -0.25) is 15.1 Å². The van der Waals surface area contributed by atoms with Gasteiger partial charge in [0.15, 0.2) is 5.13 Å². The van der Waals surface area contributed by atoms with Gasteiger partial charge >= 0.3 is 6.18 Å². The van der Waals surface area contributed by atoms with E-state index in [-0.39, 0.29) is 5.91 Å². The number of hydrogen-bond acceptors (Lipinski definition) is 4. The molecule has 4 nitrogen and oxygen atoms in total. The van der Waals surface area contributed by atoms with Gasteiger partial charge in [0.25, 0.3) is 5.91 Å². The monoisotopic (exact) mass is 427 g/mol. The molecule has 0 fully saturated rings. The van der Waals surface area contributed by atoms with E-state index in [9.17, 15) is 18.0 Å². The highest BCUT2D eigenvalue weighted by Gasteiger charge is 2.29. The van der Waals surface area contributed by atoms with E-state index < -0.39 is 11.7 Å². The Labute approximate surface area is 174 Å². The molecule has 1 aliphatic rings. The number of nitrogens with zero attached hydrogens (tertiary/aromatic N) is 2. The Kier molecular flexibility index (Phi) is 5.50. The number of alkyl halides is 3. The van der Waals surface area contributed by atoms with Crippen molar-refractivity contribution in [2.45, 2.75) is 19.0 Å². The maximum Gasteiger partial charge on any atom is 0.416 e. The van der Waals surface area contributed by atoms with Crippen molar-refractivity contribution in [3.63, 3.8) is 0 Å². The second kappa shape index (κ2) is 8.23. The molecule has 0 radical (unpaired) electrons. The largest absolute Gasteiger partial charge is 0.416 e. The third kappa shape index (κ3) is 4.65. The van der Waals surface area contributed by atoms with Gasteiger partial charge < -0.3 is 0 Å². The predicted octanol–water partition coefficient (Wildman–Crippen LogP) is 5.58. The Bertz CT molecular complexity index is 1120. The second-order valence-electron chi connectivity index (χ2n) is 6.73. The maximum atomic E-state index is 12.7. The zero-order chi connectivity index (χ0) is 21.1. The first-order valence-corrected chi connectivity index (χ1v) is 9.93. The molecule has 0 saturated heterocycles. The Balaban J connectivity index is 1.34. The van der Waals surface area contributed by atoms with Gasteiger partial charge in [-0.05, 0) is 28.8 Å². The van der Waals surface area contributed by atoms with Gasteiger partial charge in [0.05, 0.1) is 5.56 Å². The molecule has 0 atom stereocenters. The Morgan fingerprint density at radius 2 is 1.80 bits per heavy atom. The van der Waals surface area contributed by atoms with Gasteiger partial charge in [0.1, 0.15) is 5.71 Å². The standard InChI is InChI=1S/C22H16F3N3OS/c23-22(24,25)17-8-6-14(7-9-17)10-18-13-27-21(30-18)28-20(29)19-11-16(12-26-19)15-4-2-1-3-5-15/h1-9,12-13H,10-11H2,(H,27,28,29). The third-order valence-electron chi connectivity index (χ3n) is 4.57. The number of carbonyl (C=O) groups is 1. The fourth-order valence-corrected chi connectivity index (χ4v) is 3.87. The number of allylic oxidation sites excluding steroid dienone is 1. The number of amides is 1. The van der Waals surface area contributed by atoms with Crippen LogP contribution in [0.1, 0.15) is 28.0 Å². The van der Waals surface area contributed by atoms with Crippen molar-refractivity contribution >= 4 is 33.7 Å². The smallest absolute Gasteiger partial charge is 0.297 e. The molecule has 0 bridgehead atoms. The lowest BCUT2D eigenvalue weighted by atomic mass is 10.0. The van der Waals surface area contributed by atoms with Crippen LogP contribution in [0.15, 0.2) is 72.0 Å². The van der Waals surface area contributed by atoms with Crippen LogP contribution >= 0.6 is 11.3 Å². The van der Waals surface area contributed by atoms with Crippen LogP contribution in [-0.4, -0.2) is 16.6 Å². The quantitative estimate of drug-likeness (QED) is 0.578. The number of rotatable bonds is 5. The van der Waals surface area contributed by atoms with E-state index in [1.165, 1.54) is 23.5 Å². The van der Waals surface area contributed by atoms with Crippen molar-refractivity contribution in [1.29, 1.82) is 0 Å². The van der Waals surface area contributed by atoms with Gasteiger partial charge in [-0.2, -0.15) is 13.2 Å². The zero-order valence-corrected chi connectivity index (χ0v) is 16.4. The first kappa shape index (κ1) is 20.0. The predicted molar refractivity (Wildman–Crippen MR) is 111 cm³/mol. The van der Waals surface area contributed by atoms with Crippen LogP contribution in [0.25, 0.3) is 5.57 Å². The molecular formula is C22H16F3N3OS. The van der Waals surface area contributed by atoms with Gasteiger partial charge in [-0.25, -0.2) is 4.98 Å². The molecule has 2 heterocycles. The van der Waals surface area contributed by atoms with Crippen molar-refractivity contribution in [3.05, 3.63) is 88.6 Å². The number of aromatic nitrogens is 1. The lowest BCUT2D eigenvalue weighted by molar-refractivity contribution is -0.137. The summed E-state index contributed by atoms with van der Waals surface area (Å²) in [5, 5.41) is 3.18. The Morgan fingerprint density at radius 3 is 2.50 bits per heavy atom. The molecule has 0 saturated carbocycles. The molecule has 0 aliphatic carbocycles. The molecular weight excluding hydrogens is 411 g/mol. The summed E-state index contributed by atoms with van der Waals surface area (Å²) in [5.74, 6) is -0.312. The number of aliphatic imine (C=N–C) groups is 1. The van der Waals surface area contributed by atoms with Crippen molar-refractivity contribution in [2.24, 2.45) is 4.99 Å². The summed E-state index contributed by atoms with van der Waals surface area (Å²) in [6, 6.07) is 14.8. The van der Waals surface area contributed by atoms with E-state index in [0.29, 0.717) is 23.7 Å². The fraction of sp³-hybridized carbons (Fsp3) is 0.136. The van der Waals surface area contributed by atoms with Gasteiger partial charge in [0.2, 0.25) is 0 Å². The van der Waals surface area contributed by atoms with Crippen LogP contribution in [0, 0.1) is 0 Å². The highest BCUT2D eigenvalue weighted by molar-refractivity contribution is 7.15. The number of halogens is 3. The first-order valence-electron chi connectivity index (χ1n) is 9.12. The van der Waals surface area contributed by atoms with E-state index in [1.807, 2.05) is 30.3 Å². The van der Waals surface area contributed by atoms with Crippen molar-refractivity contribution < 1.29 is 18.0 Å². The normalized spacial score (nSPS) is 13.7. The van der Waals surface area contributed by atoms with Crippen molar-refractivity contribution in [1.82, 2.24) is 4.98 Å². The number of benzene rings is 2. The molecule has 0 spiro atoms. The van der Waals surface area contributed by atoms with Gasteiger partial charge in [-0.15, -0.1) is 11.3 Å². The SMILES string of the molecule is O=C(Nc1ncc(Cc2ccc(C(F)(F)F)cc2)s1)C1=NC=C(c2ccccc2)C1. The van der Waals surface area contributed by atoms with Crippen LogP contribution in [0.4, 0.5) is 18.3 Å². The van der Waals surface area contributed by atoms with E-state index >= 15 is 0 Å².